The van der Waals surface area contributed by atoms with Crippen LogP contribution in [-0.2, 0) is 16.6 Å². The third-order valence-corrected chi connectivity index (χ3v) is 7.88. The van der Waals surface area contributed by atoms with Crippen molar-refractivity contribution in [1.82, 2.24) is 24.2 Å². The Morgan fingerprint density at radius 3 is 2.49 bits per heavy atom. The largest absolute Gasteiger partial charge is 0.495 e. The van der Waals surface area contributed by atoms with Gasteiger partial charge in [0.1, 0.15) is 10.6 Å². The molecule has 1 aromatic heterocycles. The molecule has 1 aliphatic heterocycles. The van der Waals surface area contributed by atoms with Crippen molar-refractivity contribution >= 4 is 15.9 Å². The molecule has 35 heavy (non-hydrogen) atoms. The molecule has 1 fully saturated rings. The first-order chi connectivity index (χ1) is 16.7. The average Bonchev–Trinajstić information content (AvgIpc) is 3.32. The summed E-state index contributed by atoms with van der Waals surface area (Å²) in [5.74, 6) is 1.07. The van der Waals surface area contributed by atoms with Crippen molar-refractivity contribution in [2.24, 2.45) is 0 Å². The molecule has 0 unspecified atom stereocenters. The van der Waals surface area contributed by atoms with Crippen molar-refractivity contribution in [2.45, 2.75) is 18.4 Å². The van der Waals surface area contributed by atoms with E-state index in [4.69, 9.17) is 9.26 Å². The second-order valence-electron chi connectivity index (χ2n) is 8.55. The lowest BCUT2D eigenvalue weighted by Gasteiger charge is -2.34. The van der Waals surface area contributed by atoms with E-state index in [1.54, 1.807) is 11.0 Å². The van der Waals surface area contributed by atoms with Gasteiger partial charge in [-0.2, -0.15) is 4.98 Å². The minimum Gasteiger partial charge on any atom is -0.495 e. The molecule has 0 aliphatic carbocycles. The fourth-order valence-corrected chi connectivity index (χ4v) is 5.02. The number of methoxy groups -OCH3 is 1. The summed E-state index contributed by atoms with van der Waals surface area (Å²) in [6.45, 7) is 4.76. The van der Waals surface area contributed by atoms with E-state index in [1.165, 1.54) is 33.3 Å². The van der Waals surface area contributed by atoms with E-state index in [2.05, 4.69) is 15.0 Å². The monoisotopic (exact) mass is 499 g/mol. The van der Waals surface area contributed by atoms with E-state index in [0.717, 1.165) is 15.4 Å². The van der Waals surface area contributed by atoms with Gasteiger partial charge in [-0.05, 0) is 30.7 Å². The average molecular weight is 500 g/mol. The minimum absolute atomic E-state index is 0.0321. The van der Waals surface area contributed by atoms with Gasteiger partial charge in [-0.25, -0.2) is 12.7 Å². The first kappa shape index (κ1) is 24.8. The fourth-order valence-electron chi connectivity index (χ4n) is 3.94. The molecule has 2 aromatic carbocycles. The maximum Gasteiger partial charge on any atom is 0.253 e. The number of hydrogen-bond donors (Lipinski definition) is 0. The molecule has 0 saturated carbocycles. The number of nitrogens with zero attached hydrogens (tertiary/aromatic N) is 5. The number of carbonyl (C=O) groups excluding carboxylic acids is 1. The summed E-state index contributed by atoms with van der Waals surface area (Å²) < 4.78 is 37.1. The molecule has 1 aliphatic rings. The lowest BCUT2D eigenvalue weighted by atomic mass is 10.1. The van der Waals surface area contributed by atoms with E-state index in [-0.39, 0.29) is 16.6 Å². The van der Waals surface area contributed by atoms with Gasteiger partial charge in [-0.3, -0.25) is 9.69 Å². The molecular formula is C24H29N5O5S. The Morgan fingerprint density at radius 2 is 1.83 bits per heavy atom. The molecule has 1 amide bonds. The Balaban J connectivity index is 1.40. The number of piperazine rings is 1. The van der Waals surface area contributed by atoms with Crippen LogP contribution in [0.3, 0.4) is 0 Å². The van der Waals surface area contributed by atoms with Crippen LogP contribution in [0, 0.1) is 6.92 Å². The maximum absolute atomic E-state index is 13.1. The number of amides is 1. The van der Waals surface area contributed by atoms with E-state index >= 15 is 0 Å². The van der Waals surface area contributed by atoms with Crippen LogP contribution in [-0.4, -0.2) is 86.0 Å². The summed E-state index contributed by atoms with van der Waals surface area (Å²) >= 11 is 0. The molecule has 186 valence electrons. The normalized spacial score (nSPS) is 14.9. The van der Waals surface area contributed by atoms with Crippen LogP contribution in [0.2, 0.25) is 0 Å². The quantitative estimate of drug-likeness (QED) is 0.487. The summed E-state index contributed by atoms with van der Waals surface area (Å²) in [5, 5.41) is 4.11. The number of aromatic nitrogens is 2. The number of aryl methyl sites for hydroxylation is 1. The van der Waals surface area contributed by atoms with Gasteiger partial charge in [0.25, 0.3) is 5.91 Å². The summed E-state index contributed by atoms with van der Waals surface area (Å²) in [6.07, 6.45) is 0. The van der Waals surface area contributed by atoms with Crippen LogP contribution in [0.5, 0.6) is 5.75 Å². The Hall–Kier alpha value is -3.28. The highest BCUT2D eigenvalue weighted by Gasteiger charge is 2.27. The zero-order valence-corrected chi connectivity index (χ0v) is 21.1. The smallest absolute Gasteiger partial charge is 0.253 e. The Bertz CT molecular complexity index is 1310. The van der Waals surface area contributed by atoms with Crippen molar-refractivity contribution in [3.63, 3.8) is 0 Å². The van der Waals surface area contributed by atoms with Gasteiger partial charge in [0.2, 0.25) is 21.7 Å². The molecule has 3 aromatic rings. The van der Waals surface area contributed by atoms with E-state index in [1.807, 2.05) is 31.2 Å². The molecule has 0 bridgehead atoms. The van der Waals surface area contributed by atoms with Gasteiger partial charge >= 0.3 is 0 Å². The first-order valence-corrected chi connectivity index (χ1v) is 12.7. The standard InChI is InChI=1S/C24H29N5O5S/c1-17-7-5-6-8-19(17)23-25-22(34-26-23)16-28-11-13-29(14-12-28)24(30)18-9-10-20(33-4)21(15-18)35(31,32)27(2)3/h5-10,15H,11-14,16H2,1-4H3. The van der Waals surface area contributed by atoms with Gasteiger partial charge in [0.15, 0.2) is 0 Å². The zero-order chi connectivity index (χ0) is 25.2. The summed E-state index contributed by atoms with van der Waals surface area (Å²) in [4.78, 5) is 21.5. The van der Waals surface area contributed by atoms with Crippen LogP contribution >= 0.6 is 0 Å². The molecular weight excluding hydrogens is 470 g/mol. The SMILES string of the molecule is COc1ccc(C(=O)N2CCN(Cc3nc(-c4ccccc4C)no3)CC2)cc1S(=O)(=O)N(C)C. The molecule has 10 nitrogen and oxygen atoms in total. The predicted molar refractivity (Wildman–Crippen MR) is 130 cm³/mol. The van der Waals surface area contributed by atoms with Crippen molar-refractivity contribution in [1.29, 1.82) is 0 Å². The van der Waals surface area contributed by atoms with Gasteiger partial charge < -0.3 is 14.2 Å². The highest BCUT2D eigenvalue weighted by Crippen LogP contribution is 2.28. The summed E-state index contributed by atoms with van der Waals surface area (Å²) in [7, 11) is 0.517. The first-order valence-electron chi connectivity index (χ1n) is 11.2. The van der Waals surface area contributed by atoms with Crippen LogP contribution < -0.4 is 4.74 Å². The molecule has 0 radical (unpaired) electrons. The van der Waals surface area contributed by atoms with Gasteiger partial charge in [-0.15, -0.1) is 0 Å². The molecule has 11 heteroatoms. The zero-order valence-electron chi connectivity index (χ0n) is 20.3. The van der Waals surface area contributed by atoms with Crippen LogP contribution in [0.25, 0.3) is 11.4 Å². The van der Waals surface area contributed by atoms with E-state index < -0.39 is 10.0 Å². The number of sulfonamides is 1. The van der Waals surface area contributed by atoms with E-state index in [9.17, 15) is 13.2 Å². The molecule has 2 heterocycles. The van der Waals surface area contributed by atoms with Crippen LogP contribution in [0.15, 0.2) is 51.9 Å². The lowest BCUT2D eigenvalue weighted by Crippen LogP contribution is -2.48. The molecule has 0 spiro atoms. The number of benzene rings is 2. The van der Waals surface area contributed by atoms with Crippen molar-refractivity contribution < 1.29 is 22.5 Å². The Kier molecular flexibility index (Phi) is 7.20. The van der Waals surface area contributed by atoms with E-state index in [0.29, 0.717) is 50.0 Å². The lowest BCUT2D eigenvalue weighted by molar-refractivity contribution is 0.0615. The number of rotatable bonds is 7. The fraction of sp³-hybridized carbons (Fsp3) is 0.375. The highest BCUT2D eigenvalue weighted by molar-refractivity contribution is 7.89. The number of carbonyl (C=O) groups is 1. The second-order valence-corrected chi connectivity index (χ2v) is 10.7. The summed E-state index contributed by atoms with van der Waals surface area (Å²) in [5.41, 5.74) is 2.32. The van der Waals surface area contributed by atoms with Crippen molar-refractivity contribution in [3.8, 4) is 17.1 Å². The Labute approximate surface area is 205 Å². The maximum atomic E-state index is 13.1. The number of hydrogen-bond acceptors (Lipinski definition) is 8. The third kappa shape index (κ3) is 5.21. The van der Waals surface area contributed by atoms with Gasteiger partial charge in [0.05, 0.1) is 13.7 Å². The van der Waals surface area contributed by atoms with Crippen LogP contribution in [0.4, 0.5) is 0 Å². The third-order valence-electron chi connectivity index (χ3n) is 6.04. The van der Waals surface area contributed by atoms with Crippen molar-refractivity contribution in [3.05, 3.63) is 59.5 Å². The number of ether oxygens (including phenoxy) is 1. The predicted octanol–water partition coefficient (Wildman–Crippen LogP) is 2.26. The Morgan fingerprint density at radius 1 is 1.11 bits per heavy atom. The molecule has 0 N–H and O–H groups in total. The van der Waals surface area contributed by atoms with Crippen LogP contribution in [0.1, 0.15) is 21.8 Å². The van der Waals surface area contributed by atoms with Gasteiger partial charge in [0, 0.05) is 51.4 Å². The topological polar surface area (TPSA) is 109 Å². The summed E-state index contributed by atoms with van der Waals surface area (Å²) in [6, 6.07) is 12.4. The molecule has 0 atom stereocenters. The molecule has 1 saturated heterocycles. The minimum atomic E-state index is -3.76. The van der Waals surface area contributed by atoms with Crippen molar-refractivity contribution in [2.75, 3.05) is 47.4 Å². The highest BCUT2D eigenvalue weighted by atomic mass is 32.2. The second kappa shape index (κ2) is 10.1. The van der Waals surface area contributed by atoms with Gasteiger partial charge in [-0.1, -0.05) is 29.4 Å². The molecule has 4 rings (SSSR count).